The van der Waals surface area contributed by atoms with Gasteiger partial charge in [0.15, 0.2) is 0 Å². The minimum absolute atomic E-state index is 0.291. The number of aliphatic carboxylic acids is 1. The maximum atomic E-state index is 11.5. The first-order valence-electron chi connectivity index (χ1n) is 5.92. The second-order valence-corrected chi connectivity index (χ2v) is 4.17. The fourth-order valence-corrected chi connectivity index (χ4v) is 1.54. The number of urea groups is 1. The predicted octanol–water partition coefficient (Wildman–Crippen LogP) is -1.41. The van der Waals surface area contributed by atoms with Crippen molar-refractivity contribution in [3.8, 4) is 0 Å². The Balaban J connectivity index is 2.36. The first-order chi connectivity index (χ1) is 9.40. The first kappa shape index (κ1) is 15.5. The maximum Gasteiger partial charge on any atom is 0.326 e. The SMILES string of the molecule is Cn1ccnc1CCNC(=O)N[C@@H](CC(N)=O)C(=O)O. The van der Waals surface area contributed by atoms with Crippen molar-refractivity contribution in [1.82, 2.24) is 20.2 Å². The Morgan fingerprint density at radius 3 is 2.70 bits per heavy atom. The summed E-state index contributed by atoms with van der Waals surface area (Å²) in [6, 6.07) is -2.01. The Hall–Kier alpha value is -2.58. The number of carboxylic acid groups (broad SMARTS) is 1. The molecule has 0 aliphatic carbocycles. The van der Waals surface area contributed by atoms with E-state index >= 15 is 0 Å². The van der Waals surface area contributed by atoms with Gasteiger partial charge in [0.1, 0.15) is 11.9 Å². The van der Waals surface area contributed by atoms with E-state index in [2.05, 4.69) is 15.6 Å². The van der Waals surface area contributed by atoms with Gasteiger partial charge in [-0.05, 0) is 0 Å². The van der Waals surface area contributed by atoms with Crippen molar-refractivity contribution in [2.24, 2.45) is 12.8 Å². The Bertz CT molecular complexity index is 499. The van der Waals surface area contributed by atoms with Crippen LogP contribution in [0.4, 0.5) is 4.79 Å². The summed E-state index contributed by atoms with van der Waals surface area (Å²) < 4.78 is 1.81. The van der Waals surface area contributed by atoms with Crippen LogP contribution < -0.4 is 16.4 Å². The van der Waals surface area contributed by atoms with E-state index in [9.17, 15) is 14.4 Å². The summed E-state index contributed by atoms with van der Waals surface area (Å²) in [7, 11) is 1.83. The van der Waals surface area contributed by atoms with Crippen molar-refractivity contribution in [2.75, 3.05) is 6.54 Å². The van der Waals surface area contributed by atoms with Crippen LogP contribution in [-0.2, 0) is 23.1 Å². The van der Waals surface area contributed by atoms with E-state index < -0.39 is 30.4 Å². The van der Waals surface area contributed by atoms with Crippen molar-refractivity contribution in [3.05, 3.63) is 18.2 Å². The molecule has 1 atom stereocenters. The van der Waals surface area contributed by atoms with Gasteiger partial charge in [-0.3, -0.25) is 4.79 Å². The second-order valence-electron chi connectivity index (χ2n) is 4.17. The summed E-state index contributed by atoms with van der Waals surface area (Å²) in [6.45, 7) is 0.291. The van der Waals surface area contributed by atoms with Gasteiger partial charge in [0, 0.05) is 32.4 Å². The number of hydrogen-bond donors (Lipinski definition) is 4. The molecule has 9 nitrogen and oxygen atoms in total. The first-order valence-corrected chi connectivity index (χ1v) is 5.92. The molecule has 9 heteroatoms. The van der Waals surface area contributed by atoms with Crippen LogP contribution in [0.1, 0.15) is 12.2 Å². The lowest BCUT2D eigenvalue weighted by Gasteiger charge is -2.13. The normalized spacial score (nSPS) is 11.7. The Morgan fingerprint density at radius 2 is 2.20 bits per heavy atom. The third-order valence-electron chi connectivity index (χ3n) is 2.56. The van der Waals surface area contributed by atoms with Crippen LogP contribution >= 0.6 is 0 Å². The van der Waals surface area contributed by atoms with E-state index in [0.29, 0.717) is 13.0 Å². The number of carbonyl (C=O) groups excluding carboxylic acids is 2. The Labute approximate surface area is 115 Å². The number of imidazole rings is 1. The highest BCUT2D eigenvalue weighted by molar-refractivity contribution is 5.87. The Kier molecular flexibility index (Phi) is 5.51. The van der Waals surface area contributed by atoms with Gasteiger partial charge in [-0.1, -0.05) is 0 Å². The molecule has 0 fully saturated rings. The number of primary amides is 1. The lowest BCUT2D eigenvalue weighted by Crippen LogP contribution is -2.48. The van der Waals surface area contributed by atoms with Crippen LogP contribution in [0.3, 0.4) is 0 Å². The zero-order chi connectivity index (χ0) is 15.1. The highest BCUT2D eigenvalue weighted by Crippen LogP contribution is 1.95. The summed E-state index contributed by atoms with van der Waals surface area (Å²) in [4.78, 5) is 37.1. The number of aromatic nitrogens is 2. The molecular formula is C11H17N5O4. The van der Waals surface area contributed by atoms with Crippen LogP contribution in [0.15, 0.2) is 12.4 Å². The molecule has 110 valence electrons. The van der Waals surface area contributed by atoms with Crippen molar-refractivity contribution in [1.29, 1.82) is 0 Å². The monoisotopic (exact) mass is 283 g/mol. The molecule has 0 saturated heterocycles. The van der Waals surface area contributed by atoms with E-state index in [1.165, 1.54) is 0 Å². The molecule has 0 radical (unpaired) electrons. The molecule has 0 spiro atoms. The molecule has 0 aliphatic heterocycles. The number of hydrogen-bond acceptors (Lipinski definition) is 4. The highest BCUT2D eigenvalue weighted by atomic mass is 16.4. The van der Waals surface area contributed by atoms with E-state index in [1.54, 1.807) is 12.4 Å². The molecule has 1 rings (SSSR count). The van der Waals surface area contributed by atoms with Crippen molar-refractivity contribution < 1.29 is 19.5 Å². The van der Waals surface area contributed by atoms with E-state index in [-0.39, 0.29) is 0 Å². The molecule has 1 heterocycles. The average Bonchev–Trinajstić information content (AvgIpc) is 2.73. The molecule has 5 N–H and O–H groups in total. The third-order valence-corrected chi connectivity index (χ3v) is 2.56. The summed E-state index contributed by atoms with van der Waals surface area (Å²) in [5.41, 5.74) is 4.90. The van der Waals surface area contributed by atoms with E-state index in [1.807, 2.05) is 11.6 Å². The quantitative estimate of drug-likeness (QED) is 0.487. The fraction of sp³-hybridized carbons (Fsp3) is 0.455. The number of amides is 3. The summed E-state index contributed by atoms with van der Waals surface area (Å²) in [6.07, 6.45) is 3.47. The lowest BCUT2D eigenvalue weighted by atomic mass is 10.2. The number of nitrogens with one attached hydrogen (secondary N) is 2. The van der Waals surface area contributed by atoms with Gasteiger partial charge in [-0.15, -0.1) is 0 Å². The summed E-state index contributed by atoms with van der Waals surface area (Å²) in [5, 5.41) is 13.5. The number of carboxylic acids is 1. The van der Waals surface area contributed by atoms with Gasteiger partial charge in [0.2, 0.25) is 5.91 Å². The van der Waals surface area contributed by atoms with Gasteiger partial charge >= 0.3 is 12.0 Å². The lowest BCUT2D eigenvalue weighted by molar-refractivity contribution is -0.140. The number of carbonyl (C=O) groups is 3. The molecular weight excluding hydrogens is 266 g/mol. The van der Waals surface area contributed by atoms with Gasteiger partial charge in [-0.25, -0.2) is 14.6 Å². The summed E-state index contributed by atoms with van der Waals surface area (Å²) >= 11 is 0. The van der Waals surface area contributed by atoms with Crippen LogP contribution in [0.2, 0.25) is 0 Å². The zero-order valence-corrected chi connectivity index (χ0v) is 11.0. The molecule has 1 aromatic heterocycles. The third kappa shape index (κ3) is 4.96. The zero-order valence-electron chi connectivity index (χ0n) is 11.0. The number of nitrogens with two attached hydrogens (primary N) is 1. The smallest absolute Gasteiger partial charge is 0.326 e. The van der Waals surface area contributed by atoms with Crippen LogP contribution in [0.25, 0.3) is 0 Å². The topological polar surface area (TPSA) is 139 Å². The second kappa shape index (κ2) is 7.12. The molecule has 0 aliphatic rings. The molecule has 0 aromatic carbocycles. The standard InChI is InChI=1S/C11H17N5O4/c1-16-5-4-13-9(16)2-3-14-11(20)15-7(10(18)19)6-8(12)17/h4-5,7H,2-3,6H2,1H3,(H2,12,17)(H,18,19)(H2,14,15,20)/t7-/m0/s1. The molecule has 1 aromatic rings. The van der Waals surface area contributed by atoms with E-state index in [4.69, 9.17) is 10.8 Å². The van der Waals surface area contributed by atoms with Crippen molar-refractivity contribution in [2.45, 2.75) is 18.9 Å². The van der Waals surface area contributed by atoms with Crippen molar-refractivity contribution in [3.63, 3.8) is 0 Å². The van der Waals surface area contributed by atoms with Crippen LogP contribution in [0.5, 0.6) is 0 Å². The molecule has 0 bridgehead atoms. The molecule has 0 unspecified atom stereocenters. The van der Waals surface area contributed by atoms with E-state index in [0.717, 1.165) is 5.82 Å². The maximum absolute atomic E-state index is 11.5. The minimum Gasteiger partial charge on any atom is -0.480 e. The van der Waals surface area contributed by atoms with Gasteiger partial charge < -0.3 is 26.0 Å². The highest BCUT2D eigenvalue weighted by Gasteiger charge is 2.21. The van der Waals surface area contributed by atoms with Gasteiger partial charge in [0.25, 0.3) is 0 Å². The van der Waals surface area contributed by atoms with Gasteiger partial charge in [-0.2, -0.15) is 0 Å². The summed E-state index contributed by atoms with van der Waals surface area (Å²) in [5.74, 6) is -1.33. The molecule has 0 saturated carbocycles. The average molecular weight is 283 g/mol. The largest absolute Gasteiger partial charge is 0.480 e. The Morgan fingerprint density at radius 1 is 1.50 bits per heavy atom. The van der Waals surface area contributed by atoms with Crippen LogP contribution in [0, 0.1) is 0 Å². The molecule has 3 amide bonds. The minimum atomic E-state index is -1.33. The van der Waals surface area contributed by atoms with Crippen LogP contribution in [-0.4, -0.2) is 45.2 Å². The predicted molar refractivity (Wildman–Crippen MR) is 68.7 cm³/mol. The van der Waals surface area contributed by atoms with Gasteiger partial charge in [0.05, 0.1) is 6.42 Å². The molecule has 20 heavy (non-hydrogen) atoms. The number of rotatable bonds is 7. The fourth-order valence-electron chi connectivity index (χ4n) is 1.54. The number of aryl methyl sites for hydroxylation is 1. The van der Waals surface area contributed by atoms with Crippen molar-refractivity contribution >= 4 is 17.9 Å². The number of nitrogens with zero attached hydrogens (tertiary/aromatic N) is 2.